The third-order valence-electron chi connectivity index (χ3n) is 9.34. The number of carbonyl (C=O) groups excluding carboxylic acids is 1. The van der Waals surface area contributed by atoms with E-state index in [1.54, 1.807) is 6.33 Å². The number of benzene rings is 1. The summed E-state index contributed by atoms with van der Waals surface area (Å²) in [6, 6.07) is 8.45. The number of nitrogens with zero attached hydrogens (tertiary/aromatic N) is 4. The molecule has 0 radical (unpaired) electrons. The number of fused-ring (bicyclic) bond motifs is 3. The topological polar surface area (TPSA) is 122 Å². The predicted molar refractivity (Wildman–Crippen MR) is 144 cm³/mol. The predicted octanol–water partition coefficient (Wildman–Crippen LogP) is 3.67. The van der Waals surface area contributed by atoms with Crippen molar-refractivity contribution < 1.29 is 14.3 Å². The standard InChI is InChI=1S/C29H36N6O3/c30-26-25-23(19-3-1-4-22(13-19)37-16-29-8-6-21(38-29)7-9-29)15-35(28(25)33-17-32-26)20-11-18(12-20)14-34-10-2-5-24(34)27(31)36/h1,3-4,13,15,17-18,20-21,24H,2,5-12,14,16H2,(H2,31,36)(H2,30,32,33)/t18?,20?,21?,24-,29?/m0/s1. The number of hydrogen-bond acceptors (Lipinski definition) is 7. The van der Waals surface area contributed by atoms with Crippen molar-refractivity contribution in [1.29, 1.82) is 0 Å². The summed E-state index contributed by atoms with van der Waals surface area (Å²) < 4.78 is 14.7. The van der Waals surface area contributed by atoms with Crippen molar-refractivity contribution in [1.82, 2.24) is 19.4 Å². The van der Waals surface area contributed by atoms with Gasteiger partial charge in [-0.2, -0.15) is 0 Å². The van der Waals surface area contributed by atoms with E-state index in [9.17, 15) is 4.79 Å². The summed E-state index contributed by atoms with van der Waals surface area (Å²) in [5, 5.41) is 0.887. The molecule has 3 aromatic rings. The van der Waals surface area contributed by atoms with Gasteiger partial charge in [0.2, 0.25) is 5.91 Å². The normalized spacial score (nSPS) is 30.6. The number of likely N-dealkylation sites (tertiary alicyclic amines) is 1. The highest BCUT2D eigenvalue weighted by Gasteiger charge is 2.46. The summed E-state index contributed by atoms with van der Waals surface area (Å²) in [6.07, 6.45) is 12.6. The molecule has 38 heavy (non-hydrogen) atoms. The molecule has 3 aliphatic heterocycles. The van der Waals surface area contributed by atoms with Gasteiger partial charge < -0.3 is 25.5 Å². The maximum atomic E-state index is 11.8. The molecule has 3 saturated heterocycles. The Morgan fingerprint density at radius 3 is 2.79 bits per heavy atom. The second-order valence-electron chi connectivity index (χ2n) is 11.8. The summed E-state index contributed by atoms with van der Waals surface area (Å²) >= 11 is 0. The molecule has 1 amide bonds. The third kappa shape index (κ3) is 4.12. The van der Waals surface area contributed by atoms with Crippen LogP contribution in [0.2, 0.25) is 0 Å². The van der Waals surface area contributed by atoms with Crippen LogP contribution in [0.4, 0.5) is 5.82 Å². The van der Waals surface area contributed by atoms with Crippen molar-refractivity contribution >= 4 is 22.8 Å². The number of aromatic nitrogens is 3. The Hall–Kier alpha value is -3.17. The monoisotopic (exact) mass is 516 g/mol. The van der Waals surface area contributed by atoms with Crippen LogP contribution in [0, 0.1) is 5.92 Å². The van der Waals surface area contributed by atoms with Crippen LogP contribution in [0.3, 0.4) is 0 Å². The molecule has 1 aliphatic carbocycles. The summed E-state index contributed by atoms with van der Waals surface area (Å²) in [4.78, 5) is 23.0. The van der Waals surface area contributed by atoms with Crippen LogP contribution < -0.4 is 16.2 Å². The minimum Gasteiger partial charge on any atom is -0.491 e. The van der Waals surface area contributed by atoms with Crippen LogP contribution in [0.25, 0.3) is 22.2 Å². The average molecular weight is 517 g/mol. The Bertz CT molecular complexity index is 1360. The van der Waals surface area contributed by atoms with Crippen LogP contribution >= 0.6 is 0 Å². The fourth-order valence-electron chi connectivity index (χ4n) is 7.23. The molecule has 4 aliphatic rings. The molecule has 1 atom stereocenters. The van der Waals surface area contributed by atoms with Gasteiger partial charge >= 0.3 is 0 Å². The molecule has 1 aromatic carbocycles. The average Bonchev–Trinajstić information content (AvgIpc) is 3.68. The first-order valence-electron chi connectivity index (χ1n) is 14.0. The maximum Gasteiger partial charge on any atom is 0.234 e. The van der Waals surface area contributed by atoms with E-state index in [0.29, 0.717) is 30.5 Å². The van der Waals surface area contributed by atoms with E-state index < -0.39 is 0 Å². The van der Waals surface area contributed by atoms with E-state index in [1.165, 1.54) is 0 Å². The largest absolute Gasteiger partial charge is 0.491 e. The van der Waals surface area contributed by atoms with Gasteiger partial charge in [0.05, 0.1) is 17.5 Å². The molecule has 4 N–H and O–H groups in total. The molecule has 2 aromatic heterocycles. The van der Waals surface area contributed by atoms with E-state index in [1.807, 2.05) is 12.1 Å². The summed E-state index contributed by atoms with van der Waals surface area (Å²) in [6.45, 7) is 2.48. The number of hydrogen-bond donors (Lipinski definition) is 2. The van der Waals surface area contributed by atoms with E-state index in [-0.39, 0.29) is 17.6 Å². The van der Waals surface area contributed by atoms with E-state index in [4.69, 9.17) is 20.9 Å². The smallest absolute Gasteiger partial charge is 0.234 e. The Balaban J connectivity index is 1.10. The fourth-order valence-corrected chi connectivity index (χ4v) is 7.23. The molecule has 2 bridgehead atoms. The molecular weight excluding hydrogens is 480 g/mol. The highest BCUT2D eigenvalue weighted by molar-refractivity contribution is 6.00. The van der Waals surface area contributed by atoms with Gasteiger partial charge in [0.25, 0.3) is 0 Å². The lowest BCUT2D eigenvalue weighted by atomic mass is 9.79. The number of carbonyl (C=O) groups is 1. The van der Waals surface area contributed by atoms with Gasteiger partial charge in [0, 0.05) is 24.3 Å². The molecule has 0 spiro atoms. The number of primary amides is 1. The van der Waals surface area contributed by atoms with E-state index >= 15 is 0 Å². The lowest BCUT2D eigenvalue weighted by Gasteiger charge is -2.39. The van der Waals surface area contributed by atoms with Gasteiger partial charge in [-0.1, -0.05) is 12.1 Å². The number of anilines is 1. The Morgan fingerprint density at radius 2 is 2.03 bits per heavy atom. The zero-order valence-corrected chi connectivity index (χ0v) is 21.7. The first kappa shape index (κ1) is 23.9. The second-order valence-corrected chi connectivity index (χ2v) is 11.8. The Morgan fingerprint density at radius 1 is 1.18 bits per heavy atom. The first-order chi connectivity index (χ1) is 18.5. The van der Waals surface area contributed by atoms with Gasteiger partial charge in [-0.25, -0.2) is 9.97 Å². The van der Waals surface area contributed by atoms with Crippen LogP contribution in [0.5, 0.6) is 5.75 Å². The summed E-state index contributed by atoms with van der Waals surface area (Å²) in [5.74, 6) is 1.68. The quantitative estimate of drug-likeness (QED) is 0.468. The lowest BCUT2D eigenvalue weighted by Crippen LogP contribution is -2.44. The zero-order valence-electron chi connectivity index (χ0n) is 21.7. The molecule has 9 heteroatoms. The van der Waals surface area contributed by atoms with Crippen LogP contribution in [0.15, 0.2) is 36.8 Å². The molecule has 0 unspecified atom stereocenters. The Kier molecular flexibility index (Phi) is 5.81. The number of rotatable bonds is 8. The summed E-state index contributed by atoms with van der Waals surface area (Å²) in [5.41, 5.74) is 14.9. The highest BCUT2D eigenvalue weighted by atomic mass is 16.6. The van der Waals surface area contributed by atoms with Crippen molar-refractivity contribution in [2.75, 3.05) is 25.4 Å². The van der Waals surface area contributed by atoms with Crippen molar-refractivity contribution in [2.24, 2.45) is 11.7 Å². The second kappa shape index (κ2) is 9.24. The molecular formula is C29H36N6O3. The van der Waals surface area contributed by atoms with Crippen molar-refractivity contribution in [2.45, 2.75) is 75.2 Å². The van der Waals surface area contributed by atoms with Gasteiger partial charge in [-0.05, 0) is 81.5 Å². The minimum absolute atomic E-state index is 0.106. The van der Waals surface area contributed by atoms with Crippen LogP contribution in [-0.2, 0) is 9.53 Å². The first-order valence-corrected chi connectivity index (χ1v) is 14.0. The van der Waals surface area contributed by atoms with Gasteiger partial charge in [-0.3, -0.25) is 9.69 Å². The zero-order chi connectivity index (χ0) is 25.9. The number of amides is 1. The molecule has 200 valence electrons. The minimum atomic E-state index is -0.194. The van der Waals surface area contributed by atoms with Crippen LogP contribution in [-0.4, -0.2) is 62.8 Å². The third-order valence-corrected chi connectivity index (χ3v) is 9.34. The van der Waals surface area contributed by atoms with Gasteiger partial charge in [0.1, 0.15) is 35.7 Å². The molecule has 5 heterocycles. The Labute approximate surface area is 222 Å². The van der Waals surface area contributed by atoms with Gasteiger partial charge in [-0.15, -0.1) is 0 Å². The fraction of sp³-hybridized carbons (Fsp3) is 0.552. The molecule has 9 nitrogen and oxygen atoms in total. The van der Waals surface area contributed by atoms with Gasteiger partial charge in [0.15, 0.2) is 0 Å². The summed E-state index contributed by atoms with van der Waals surface area (Å²) in [7, 11) is 0. The van der Waals surface area contributed by atoms with E-state index in [2.05, 4.69) is 37.8 Å². The van der Waals surface area contributed by atoms with E-state index in [0.717, 1.165) is 92.4 Å². The number of ether oxygens (including phenoxy) is 2. The molecule has 7 rings (SSSR count). The number of nitrogen functional groups attached to an aromatic ring is 1. The highest BCUT2D eigenvalue weighted by Crippen LogP contribution is 2.45. The van der Waals surface area contributed by atoms with Crippen molar-refractivity contribution in [3.8, 4) is 16.9 Å². The molecule has 4 fully saturated rings. The molecule has 1 saturated carbocycles. The number of nitrogens with two attached hydrogens (primary N) is 2. The van der Waals surface area contributed by atoms with Crippen molar-refractivity contribution in [3.05, 3.63) is 36.8 Å². The maximum absolute atomic E-state index is 11.8. The van der Waals surface area contributed by atoms with Crippen molar-refractivity contribution in [3.63, 3.8) is 0 Å². The SMILES string of the molecule is NC(=O)[C@@H]1CCCN1CC1CC(n2cc(-c3cccc(OCC45CCC(CC4)O5)c3)c3c(N)ncnc32)C1. The van der Waals surface area contributed by atoms with Crippen LogP contribution in [0.1, 0.15) is 57.4 Å². The lowest BCUT2D eigenvalue weighted by molar-refractivity contribution is -0.122.